The van der Waals surface area contributed by atoms with Gasteiger partial charge in [-0.3, -0.25) is 0 Å². The smallest absolute Gasteiger partial charge is 0.256 e. The largest absolute Gasteiger partial charge is 0.458 e. The van der Waals surface area contributed by atoms with Crippen molar-refractivity contribution in [3.63, 3.8) is 0 Å². The van der Waals surface area contributed by atoms with Crippen molar-refractivity contribution < 1.29 is 4.74 Å². The first-order valence-corrected chi connectivity index (χ1v) is 28.0. The summed E-state index contributed by atoms with van der Waals surface area (Å²) in [7, 11) is 0. The second kappa shape index (κ2) is 18.5. The third-order valence-electron chi connectivity index (χ3n) is 16.3. The zero-order valence-electron chi connectivity index (χ0n) is 42.9. The standard InChI is InChI=1S/C72H47B2N3OS/c1-6-24-48(25-7-1)51-42-65-72-70(43-51)79-69-47-67-59(46-60(69)74(72)58-37-19-23-41-64(58)76(65)61-38-20-16-34-55(61)49-26-8-2-9-27-49)73-57-36-18-22-40-63(57)77(62-39-21-17-35-56(62)50-28-10-3-11-29-50)66-44-54(45-68(78-67)71(66)73)75(52-30-12-4-13-31-52)53-32-14-5-15-33-53/h1-47H. The van der Waals surface area contributed by atoms with Crippen LogP contribution in [0.4, 0.5) is 51.2 Å². The Balaban J connectivity index is 0.936. The Morgan fingerprint density at radius 1 is 0.291 bits per heavy atom. The number of hydrogen-bond donors (Lipinski definition) is 0. The number of hydrogen-bond acceptors (Lipinski definition) is 5. The van der Waals surface area contributed by atoms with Crippen molar-refractivity contribution in [1.29, 1.82) is 0 Å². The SMILES string of the molecule is c1ccc(-c2cc3c4c(c2)N(c2ccccc2-c2ccccc2)c2ccccc2B4c2cc4c(cc2S3)Oc2cc(N(c3ccccc3)c3ccccc3)cc3c2B4c2ccccc2N3c2ccccc2-c2ccccc2)cc1. The minimum Gasteiger partial charge on any atom is -0.458 e. The Morgan fingerprint density at radius 2 is 0.747 bits per heavy atom. The van der Waals surface area contributed by atoms with Crippen LogP contribution < -0.4 is 52.2 Å². The van der Waals surface area contributed by atoms with Gasteiger partial charge in [0, 0.05) is 61.1 Å². The molecule has 12 aromatic carbocycles. The van der Waals surface area contributed by atoms with Crippen LogP contribution in [0.1, 0.15) is 0 Å². The van der Waals surface area contributed by atoms with Gasteiger partial charge in [-0.15, -0.1) is 0 Å². The van der Waals surface area contributed by atoms with E-state index in [1.165, 1.54) is 70.7 Å². The van der Waals surface area contributed by atoms with E-state index in [1.807, 2.05) is 11.8 Å². The molecule has 0 aromatic heterocycles. The summed E-state index contributed by atoms with van der Waals surface area (Å²) in [4.78, 5) is 9.86. The molecular formula is C72H47B2N3OS. The maximum absolute atomic E-state index is 7.58. The molecular weight excluding hydrogens is 977 g/mol. The van der Waals surface area contributed by atoms with Crippen molar-refractivity contribution in [3.8, 4) is 44.9 Å². The van der Waals surface area contributed by atoms with Gasteiger partial charge < -0.3 is 19.4 Å². The van der Waals surface area contributed by atoms with Gasteiger partial charge >= 0.3 is 0 Å². The summed E-state index contributed by atoms with van der Waals surface area (Å²) in [6.07, 6.45) is 0. The average Bonchev–Trinajstić information content (AvgIpc) is 3.34. The van der Waals surface area contributed by atoms with Crippen LogP contribution in [0.15, 0.2) is 295 Å². The fourth-order valence-corrected chi connectivity index (χ4v) is 14.2. The van der Waals surface area contributed by atoms with E-state index in [-0.39, 0.29) is 13.4 Å². The normalized spacial score (nSPS) is 13.0. The number of anilines is 9. The lowest BCUT2D eigenvalue weighted by atomic mass is 9.31. The van der Waals surface area contributed by atoms with E-state index in [0.717, 1.165) is 67.9 Å². The molecule has 0 spiro atoms. The predicted octanol–water partition coefficient (Wildman–Crippen LogP) is 15.3. The van der Waals surface area contributed by atoms with Gasteiger partial charge in [-0.25, -0.2) is 0 Å². The van der Waals surface area contributed by atoms with Gasteiger partial charge in [-0.1, -0.05) is 223 Å². The molecule has 0 atom stereocenters. The van der Waals surface area contributed by atoms with Crippen LogP contribution in [0, 0.1) is 0 Å². The lowest BCUT2D eigenvalue weighted by molar-refractivity contribution is 0.486. The van der Waals surface area contributed by atoms with Gasteiger partial charge in [0.15, 0.2) is 0 Å². The van der Waals surface area contributed by atoms with E-state index in [1.54, 1.807) is 0 Å². The van der Waals surface area contributed by atoms with Crippen LogP contribution >= 0.6 is 11.8 Å². The summed E-state index contributed by atoms with van der Waals surface area (Å²) in [5.74, 6) is 1.74. The Morgan fingerprint density at radius 3 is 1.30 bits per heavy atom. The van der Waals surface area contributed by atoms with Gasteiger partial charge in [0.05, 0.1) is 17.1 Å². The van der Waals surface area contributed by atoms with Crippen LogP contribution in [-0.4, -0.2) is 13.4 Å². The number of rotatable bonds is 8. The molecule has 0 aliphatic carbocycles. The summed E-state index contributed by atoms with van der Waals surface area (Å²) in [5.41, 5.74) is 24.6. The summed E-state index contributed by atoms with van der Waals surface area (Å²) in [6.45, 7) is -0.180. The highest BCUT2D eigenvalue weighted by molar-refractivity contribution is 8.00. The maximum Gasteiger partial charge on any atom is 0.256 e. The molecule has 4 aliphatic rings. The van der Waals surface area contributed by atoms with E-state index in [2.05, 4.69) is 300 Å². The zero-order valence-corrected chi connectivity index (χ0v) is 43.8. The highest BCUT2D eigenvalue weighted by Gasteiger charge is 2.47. The van der Waals surface area contributed by atoms with E-state index in [4.69, 9.17) is 4.74 Å². The number of benzene rings is 12. The number of ether oxygens (including phenoxy) is 1. The molecule has 12 aromatic rings. The Bertz CT molecular complexity index is 4310. The highest BCUT2D eigenvalue weighted by atomic mass is 32.2. The van der Waals surface area contributed by atoms with Crippen molar-refractivity contribution >= 4 is 109 Å². The summed E-state index contributed by atoms with van der Waals surface area (Å²) in [5, 5.41) is 0. The fraction of sp³-hybridized carbons (Fsp3) is 0. The van der Waals surface area contributed by atoms with Crippen molar-refractivity contribution in [2.75, 3.05) is 14.7 Å². The topological polar surface area (TPSA) is 19.0 Å². The maximum atomic E-state index is 7.58. The van der Waals surface area contributed by atoms with Crippen LogP contribution in [0.2, 0.25) is 0 Å². The molecule has 79 heavy (non-hydrogen) atoms. The molecule has 4 heterocycles. The lowest BCUT2D eigenvalue weighted by Gasteiger charge is -2.43. The monoisotopic (exact) mass is 1020 g/mol. The Labute approximate surface area is 465 Å². The second-order valence-electron chi connectivity index (χ2n) is 20.7. The molecule has 368 valence electrons. The molecule has 0 fully saturated rings. The van der Waals surface area contributed by atoms with Crippen molar-refractivity contribution in [1.82, 2.24) is 0 Å². The van der Waals surface area contributed by atoms with E-state index < -0.39 is 0 Å². The number of fused-ring (bicyclic) bond motifs is 8. The minimum absolute atomic E-state index is 0.0469. The van der Waals surface area contributed by atoms with Crippen LogP contribution in [-0.2, 0) is 0 Å². The molecule has 0 saturated carbocycles. The van der Waals surface area contributed by atoms with Gasteiger partial charge in [0.25, 0.3) is 6.71 Å². The lowest BCUT2D eigenvalue weighted by Crippen LogP contribution is -2.63. The second-order valence-corrected chi connectivity index (χ2v) is 21.8. The van der Waals surface area contributed by atoms with E-state index >= 15 is 0 Å². The van der Waals surface area contributed by atoms with Crippen LogP contribution in [0.3, 0.4) is 0 Å². The molecule has 0 radical (unpaired) electrons. The van der Waals surface area contributed by atoms with Crippen LogP contribution in [0.5, 0.6) is 11.5 Å². The average molecular weight is 1020 g/mol. The summed E-state index contributed by atoms with van der Waals surface area (Å²) < 4.78 is 7.58. The van der Waals surface area contributed by atoms with Gasteiger partial charge in [0.2, 0.25) is 6.71 Å². The third-order valence-corrected chi connectivity index (χ3v) is 17.5. The molecule has 0 bridgehead atoms. The van der Waals surface area contributed by atoms with Crippen molar-refractivity contribution in [2.45, 2.75) is 9.79 Å². The minimum atomic E-state index is -0.134. The Hall–Kier alpha value is -9.68. The quantitative estimate of drug-likeness (QED) is 0.141. The van der Waals surface area contributed by atoms with E-state index in [0.29, 0.717) is 0 Å². The molecule has 0 N–H and O–H groups in total. The van der Waals surface area contributed by atoms with Gasteiger partial charge in [-0.05, 0) is 122 Å². The summed E-state index contributed by atoms with van der Waals surface area (Å²) >= 11 is 1.87. The first-order chi connectivity index (χ1) is 39.2. The Kier molecular flexibility index (Phi) is 10.7. The van der Waals surface area contributed by atoms with E-state index in [9.17, 15) is 0 Å². The zero-order chi connectivity index (χ0) is 52.0. The van der Waals surface area contributed by atoms with Crippen LogP contribution in [0.25, 0.3) is 33.4 Å². The predicted molar refractivity (Wildman–Crippen MR) is 333 cm³/mol. The van der Waals surface area contributed by atoms with Crippen molar-refractivity contribution in [3.05, 3.63) is 285 Å². The molecule has 0 amide bonds. The summed E-state index contributed by atoms with van der Waals surface area (Å²) in [6, 6.07) is 104. The molecule has 4 aliphatic heterocycles. The molecule has 4 nitrogen and oxygen atoms in total. The van der Waals surface area contributed by atoms with Crippen molar-refractivity contribution in [2.24, 2.45) is 0 Å². The van der Waals surface area contributed by atoms with Gasteiger partial charge in [0.1, 0.15) is 11.5 Å². The van der Waals surface area contributed by atoms with Gasteiger partial charge in [-0.2, -0.15) is 0 Å². The molecule has 16 rings (SSSR count). The first-order valence-electron chi connectivity index (χ1n) is 27.1. The highest BCUT2D eigenvalue weighted by Crippen LogP contribution is 2.50. The molecule has 0 unspecified atom stereocenters. The molecule has 0 saturated heterocycles. The molecule has 7 heteroatoms. The third kappa shape index (κ3) is 7.34. The fourth-order valence-electron chi connectivity index (χ4n) is 13.0. The first kappa shape index (κ1) is 45.5. The number of para-hydroxylation sites is 6. The number of nitrogens with zero attached hydrogens (tertiary/aromatic N) is 3.